The van der Waals surface area contributed by atoms with Crippen molar-refractivity contribution in [1.29, 1.82) is 0 Å². The van der Waals surface area contributed by atoms with Crippen molar-refractivity contribution in [2.45, 2.75) is 76.9 Å². The van der Waals surface area contributed by atoms with Gasteiger partial charge in [-0.1, -0.05) is 88.6 Å². The van der Waals surface area contributed by atoms with Gasteiger partial charge in [0.2, 0.25) is 11.8 Å². The molecule has 2 fully saturated rings. The topological polar surface area (TPSA) is 180 Å². The highest BCUT2D eigenvalue weighted by atomic mass is 16.6. The summed E-state index contributed by atoms with van der Waals surface area (Å²) in [6, 6.07) is 13.0. The van der Waals surface area contributed by atoms with Gasteiger partial charge in [-0.25, -0.2) is 9.78 Å². The molecule has 4 N–H and O–H groups in total. The van der Waals surface area contributed by atoms with Crippen LogP contribution in [-0.4, -0.2) is 87.6 Å². The maximum absolute atomic E-state index is 14.0. The van der Waals surface area contributed by atoms with Crippen LogP contribution in [0.5, 0.6) is 0 Å². The van der Waals surface area contributed by atoms with Gasteiger partial charge in [-0.3, -0.25) is 24.2 Å². The van der Waals surface area contributed by atoms with E-state index in [0.717, 1.165) is 54.4 Å². The summed E-state index contributed by atoms with van der Waals surface area (Å²) in [4.78, 5) is 76.1. The Bertz CT molecular complexity index is 1760. The molecule has 52 heavy (non-hydrogen) atoms. The zero-order valence-corrected chi connectivity index (χ0v) is 29.7. The summed E-state index contributed by atoms with van der Waals surface area (Å²) in [7, 11) is 0. The number of nitrogens with zero attached hydrogens (tertiary/aromatic N) is 3. The van der Waals surface area contributed by atoms with Crippen LogP contribution in [0.25, 0.3) is 11.1 Å². The van der Waals surface area contributed by atoms with E-state index in [4.69, 9.17) is 4.74 Å². The molecule has 1 saturated carbocycles. The number of aliphatic carboxylic acids is 1. The van der Waals surface area contributed by atoms with E-state index in [0.29, 0.717) is 0 Å². The molecule has 13 heteroatoms. The van der Waals surface area contributed by atoms with Crippen molar-refractivity contribution in [3.8, 4) is 11.1 Å². The molecule has 0 radical (unpaired) electrons. The van der Waals surface area contributed by atoms with Crippen LogP contribution in [0.15, 0.2) is 67.1 Å². The number of hydrogen-bond acceptors (Lipinski definition) is 8. The minimum atomic E-state index is -1.17. The number of ether oxygens (including phenoxy) is 1. The molecular weight excluding hydrogens is 664 g/mol. The van der Waals surface area contributed by atoms with Gasteiger partial charge < -0.3 is 30.7 Å². The minimum absolute atomic E-state index is 0.0723. The first kappa shape index (κ1) is 36.5. The standard InChI is InChI=1S/C39H46N6O7/c1-39(2,3)33(44-35(47)32(23-11-5-4-6-12-23)43-34(46)30-19-40-17-18-41-30)36(48)42-31-21-45(20-28(31)37(49)50)38(51)52-22-29-26-15-9-7-13-24(26)25-14-8-10-16-27(25)29/h7-10,13-19,23,28-29,31-33H,4-6,11-12,20-22H2,1-3H3,(H,42,48)(H,43,46)(H,44,47)(H,49,50)/t28-,31+,32+,33-/m1/s1. The Morgan fingerprint density at radius 2 is 1.54 bits per heavy atom. The third-order valence-corrected chi connectivity index (χ3v) is 10.5. The number of likely N-dealkylation sites (tertiary alicyclic amines) is 1. The normalized spacial score (nSPS) is 19.9. The molecule has 13 nitrogen and oxygen atoms in total. The molecule has 2 heterocycles. The molecule has 4 amide bonds. The number of carbonyl (C=O) groups excluding carboxylic acids is 4. The minimum Gasteiger partial charge on any atom is -0.481 e. The lowest BCUT2D eigenvalue weighted by molar-refractivity contribution is -0.142. The molecule has 3 aromatic rings. The molecule has 2 aliphatic carbocycles. The Kier molecular flexibility index (Phi) is 10.9. The molecule has 1 saturated heterocycles. The number of benzene rings is 2. The Balaban J connectivity index is 1.12. The van der Waals surface area contributed by atoms with Crippen molar-refractivity contribution in [3.63, 3.8) is 0 Å². The Morgan fingerprint density at radius 3 is 2.13 bits per heavy atom. The van der Waals surface area contributed by atoms with Crippen LogP contribution in [0.3, 0.4) is 0 Å². The SMILES string of the molecule is CC(C)(C)[C@H](NC(=O)[C@@H](NC(=O)c1cnccn1)C1CCCCC1)C(=O)N[C@H]1CN(C(=O)OCC2c3ccccc3-c3ccccc32)C[C@H]1C(=O)O. The van der Waals surface area contributed by atoms with Crippen molar-refractivity contribution in [1.82, 2.24) is 30.8 Å². The van der Waals surface area contributed by atoms with E-state index in [9.17, 15) is 29.1 Å². The van der Waals surface area contributed by atoms with Crippen LogP contribution in [-0.2, 0) is 19.1 Å². The zero-order chi connectivity index (χ0) is 37.0. The number of carbonyl (C=O) groups is 5. The monoisotopic (exact) mass is 710 g/mol. The average Bonchev–Trinajstić information content (AvgIpc) is 3.71. The maximum atomic E-state index is 14.0. The van der Waals surface area contributed by atoms with Crippen molar-refractivity contribution >= 4 is 29.8 Å². The zero-order valence-electron chi connectivity index (χ0n) is 29.7. The number of hydrogen-bond donors (Lipinski definition) is 4. The number of aromatic nitrogens is 2. The summed E-state index contributed by atoms with van der Waals surface area (Å²) in [6.45, 7) is 5.21. The molecule has 274 valence electrons. The van der Waals surface area contributed by atoms with E-state index in [1.54, 1.807) is 20.8 Å². The summed E-state index contributed by atoms with van der Waals surface area (Å²) in [5.74, 6) is -4.21. The van der Waals surface area contributed by atoms with E-state index in [2.05, 4.69) is 25.9 Å². The lowest BCUT2D eigenvalue weighted by Gasteiger charge is -2.35. The average molecular weight is 711 g/mol. The highest BCUT2D eigenvalue weighted by Gasteiger charge is 2.44. The molecule has 2 aromatic carbocycles. The fraction of sp³-hybridized carbons (Fsp3) is 0.462. The first-order chi connectivity index (χ1) is 24.9. The van der Waals surface area contributed by atoms with Gasteiger partial charge in [-0.2, -0.15) is 0 Å². The van der Waals surface area contributed by atoms with Crippen LogP contribution >= 0.6 is 0 Å². The van der Waals surface area contributed by atoms with Gasteiger partial charge >= 0.3 is 12.1 Å². The van der Waals surface area contributed by atoms with E-state index in [-0.39, 0.29) is 37.2 Å². The third-order valence-electron chi connectivity index (χ3n) is 10.5. The quantitative estimate of drug-likeness (QED) is 0.241. The number of amides is 4. The number of nitrogens with one attached hydrogen (secondary N) is 3. The summed E-state index contributed by atoms with van der Waals surface area (Å²) in [5.41, 5.74) is 3.57. The summed E-state index contributed by atoms with van der Waals surface area (Å²) >= 11 is 0. The molecule has 6 rings (SSSR count). The fourth-order valence-electron chi connectivity index (χ4n) is 7.70. The second-order valence-electron chi connectivity index (χ2n) is 15.0. The summed E-state index contributed by atoms with van der Waals surface area (Å²) < 4.78 is 5.79. The first-order valence-electron chi connectivity index (χ1n) is 17.9. The van der Waals surface area contributed by atoms with E-state index in [1.807, 2.05) is 48.5 Å². The Morgan fingerprint density at radius 1 is 0.885 bits per heavy atom. The maximum Gasteiger partial charge on any atom is 0.409 e. The predicted octanol–water partition coefficient (Wildman–Crippen LogP) is 4.14. The van der Waals surface area contributed by atoms with Crippen LogP contribution < -0.4 is 16.0 Å². The second-order valence-corrected chi connectivity index (χ2v) is 15.0. The second kappa shape index (κ2) is 15.5. The molecule has 1 aromatic heterocycles. The van der Waals surface area contributed by atoms with Crippen molar-refractivity contribution in [2.24, 2.45) is 17.3 Å². The van der Waals surface area contributed by atoms with Gasteiger partial charge in [-0.05, 0) is 46.4 Å². The van der Waals surface area contributed by atoms with Gasteiger partial charge in [0.15, 0.2) is 0 Å². The van der Waals surface area contributed by atoms with Gasteiger partial charge in [-0.15, -0.1) is 0 Å². The van der Waals surface area contributed by atoms with Gasteiger partial charge in [0.25, 0.3) is 5.91 Å². The molecule has 3 aliphatic rings. The first-order valence-corrected chi connectivity index (χ1v) is 17.9. The lowest BCUT2D eigenvalue weighted by atomic mass is 9.82. The van der Waals surface area contributed by atoms with Crippen molar-refractivity contribution < 1.29 is 33.8 Å². The summed E-state index contributed by atoms with van der Waals surface area (Å²) in [6.07, 6.45) is 7.84. The van der Waals surface area contributed by atoms with Crippen molar-refractivity contribution in [3.05, 3.63) is 83.9 Å². The number of fused-ring (bicyclic) bond motifs is 3. The number of carboxylic acids is 1. The van der Waals surface area contributed by atoms with E-state index < -0.39 is 59.2 Å². The van der Waals surface area contributed by atoms with Gasteiger partial charge in [0, 0.05) is 31.4 Å². The molecular formula is C39H46N6O7. The van der Waals surface area contributed by atoms with Crippen molar-refractivity contribution in [2.75, 3.05) is 19.7 Å². The summed E-state index contributed by atoms with van der Waals surface area (Å²) in [5, 5.41) is 18.6. The molecule has 0 spiro atoms. The third kappa shape index (κ3) is 7.93. The lowest BCUT2D eigenvalue weighted by Crippen LogP contribution is -2.61. The molecule has 1 aliphatic heterocycles. The van der Waals surface area contributed by atoms with E-state index >= 15 is 0 Å². The van der Waals surface area contributed by atoms with E-state index in [1.165, 1.54) is 23.5 Å². The predicted molar refractivity (Wildman–Crippen MR) is 191 cm³/mol. The highest BCUT2D eigenvalue weighted by molar-refractivity contribution is 5.97. The van der Waals surface area contributed by atoms with Gasteiger partial charge in [0.1, 0.15) is 24.4 Å². The van der Waals surface area contributed by atoms with Crippen LogP contribution in [0.1, 0.15) is 80.4 Å². The fourth-order valence-corrected chi connectivity index (χ4v) is 7.70. The molecule has 0 unspecified atom stereocenters. The van der Waals surface area contributed by atoms with Crippen LogP contribution in [0.4, 0.5) is 4.79 Å². The number of carboxylic acid groups (broad SMARTS) is 1. The van der Waals surface area contributed by atoms with Crippen LogP contribution in [0.2, 0.25) is 0 Å². The number of rotatable bonds is 10. The Hall–Kier alpha value is -5.33. The smallest absolute Gasteiger partial charge is 0.409 e. The molecule has 0 bridgehead atoms. The highest BCUT2D eigenvalue weighted by Crippen LogP contribution is 2.44. The Labute approximate surface area is 302 Å². The molecule has 4 atom stereocenters. The van der Waals surface area contributed by atoms with Crippen LogP contribution in [0, 0.1) is 17.3 Å². The van der Waals surface area contributed by atoms with Gasteiger partial charge in [0.05, 0.1) is 18.2 Å². The largest absolute Gasteiger partial charge is 0.481 e.